The Morgan fingerprint density at radius 2 is 1.80 bits per heavy atom. The Labute approximate surface area is 120 Å². The first kappa shape index (κ1) is 12.7. The minimum Gasteiger partial charge on any atom is -0.493 e. The monoisotopic (exact) mass is 276 g/mol. The van der Waals surface area contributed by atoms with Crippen molar-refractivity contribution in [3.63, 3.8) is 0 Å². The van der Waals surface area contributed by atoms with Crippen molar-refractivity contribution in [3.05, 3.63) is 11.9 Å². The van der Waals surface area contributed by atoms with Crippen LogP contribution in [0.15, 0.2) is 6.20 Å². The summed E-state index contributed by atoms with van der Waals surface area (Å²) in [4.78, 5) is 0. The summed E-state index contributed by atoms with van der Waals surface area (Å²) < 4.78 is 7.17. The molecule has 4 bridgehead atoms. The number of hydrogen-bond acceptors (Lipinski definition) is 3. The minimum absolute atomic E-state index is 0.409. The molecule has 4 aliphatic rings. The van der Waals surface area contributed by atoms with Gasteiger partial charge in [0.1, 0.15) is 11.8 Å². The van der Waals surface area contributed by atoms with E-state index in [1.807, 2.05) is 7.05 Å². The molecule has 4 aliphatic carbocycles. The predicted octanol–water partition coefficient (Wildman–Crippen LogP) is 2.53. The fourth-order valence-electron chi connectivity index (χ4n) is 5.59. The molecule has 1 aromatic heterocycles. The van der Waals surface area contributed by atoms with Gasteiger partial charge < -0.3 is 9.84 Å². The summed E-state index contributed by atoms with van der Waals surface area (Å²) in [7, 11) is 3.56. The van der Waals surface area contributed by atoms with Crippen LogP contribution in [0.5, 0.6) is 5.75 Å². The molecule has 1 atom stereocenters. The van der Waals surface area contributed by atoms with E-state index >= 15 is 0 Å². The topological polar surface area (TPSA) is 47.3 Å². The summed E-state index contributed by atoms with van der Waals surface area (Å²) in [5, 5.41) is 15.2. The molecule has 0 radical (unpaired) electrons. The van der Waals surface area contributed by atoms with Crippen molar-refractivity contribution in [1.82, 2.24) is 9.78 Å². The molecule has 0 aromatic carbocycles. The van der Waals surface area contributed by atoms with Gasteiger partial charge >= 0.3 is 0 Å². The molecule has 1 aromatic rings. The third-order valence-electron chi connectivity index (χ3n) is 6.11. The average Bonchev–Trinajstić information content (AvgIpc) is 2.78. The molecule has 4 heteroatoms. The molecule has 1 heterocycles. The van der Waals surface area contributed by atoms with Crippen molar-refractivity contribution < 1.29 is 9.84 Å². The Morgan fingerprint density at radius 1 is 1.20 bits per heavy atom. The molecule has 5 rings (SSSR count). The Balaban J connectivity index is 1.65. The smallest absolute Gasteiger partial charge is 0.162 e. The number of methoxy groups -OCH3 is 1. The van der Waals surface area contributed by atoms with Gasteiger partial charge in [0.2, 0.25) is 0 Å². The van der Waals surface area contributed by atoms with Crippen LogP contribution in [0.4, 0.5) is 0 Å². The van der Waals surface area contributed by atoms with Crippen LogP contribution in [-0.4, -0.2) is 22.0 Å². The van der Waals surface area contributed by atoms with Crippen LogP contribution >= 0.6 is 0 Å². The standard InChI is InChI=1S/C16H24N2O2/c1-18-15(13(20-2)8-17-18)16(19)14-11-4-9-3-10(6-11)7-12(14)5-9/h8-12,14,16,19H,3-7H2,1-2H3. The van der Waals surface area contributed by atoms with E-state index in [2.05, 4.69) is 5.10 Å². The zero-order chi connectivity index (χ0) is 13.9. The number of aryl methyl sites for hydroxylation is 1. The maximum atomic E-state index is 11.0. The van der Waals surface area contributed by atoms with Crippen molar-refractivity contribution in [2.45, 2.75) is 38.2 Å². The largest absolute Gasteiger partial charge is 0.493 e. The Kier molecular flexibility index (Phi) is 2.85. The van der Waals surface area contributed by atoms with Gasteiger partial charge in [0.05, 0.1) is 13.3 Å². The normalized spacial score (nSPS) is 40.0. The van der Waals surface area contributed by atoms with Gasteiger partial charge in [0.15, 0.2) is 5.75 Å². The summed E-state index contributed by atoms with van der Waals surface area (Å²) in [6, 6.07) is 0. The van der Waals surface area contributed by atoms with Gasteiger partial charge in [-0.05, 0) is 61.7 Å². The molecule has 4 nitrogen and oxygen atoms in total. The van der Waals surface area contributed by atoms with Crippen molar-refractivity contribution in [3.8, 4) is 5.75 Å². The van der Waals surface area contributed by atoms with E-state index in [0.29, 0.717) is 17.8 Å². The molecule has 0 amide bonds. The maximum absolute atomic E-state index is 11.0. The lowest BCUT2D eigenvalue weighted by Crippen LogP contribution is -2.47. The molecule has 0 saturated heterocycles. The quantitative estimate of drug-likeness (QED) is 0.923. The van der Waals surface area contributed by atoms with Crippen LogP contribution in [0.3, 0.4) is 0 Å². The number of hydrogen-bond donors (Lipinski definition) is 1. The second kappa shape index (κ2) is 4.48. The molecular weight excluding hydrogens is 252 g/mol. The molecule has 4 saturated carbocycles. The molecule has 4 fully saturated rings. The first-order chi connectivity index (χ1) is 9.67. The summed E-state index contributed by atoms with van der Waals surface area (Å²) in [6.45, 7) is 0. The number of nitrogens with zero attached hydrogens (tertiary/aromatic N) is 2. The van der Waals surface area contributed by atoms with E-state index in [4.69, 9.17) is 4.74 Å². The number of aliphatic hydroxyl groups is 1. The molecular formula is C16H24N2O2. The van der Waals surface area contributed by atoms with Gasteiger partial charge in [-0.1, -0.05) is 0 Å². The highest BCUT2D eigenvalue weighted by atomic mass is 16.5. The van der Waals surface area contributed by atoms with Gasteiger partial charge in [-0.25, -0.2) is 0 Å². The van der Waals surface area contributed by atoms with E-state index in [1.54, 1.807) is 18.0 Å². The number of ether oxygens (including phenoxy) is 1. The van der Waals surface area contributed by atoms with Gasteiger partial charge in [-0.15, -0.1) is 0 Å². The SMILES string of the molecule is COc1cnn(C)c1C(O)C1C2CC3CC(C2)CC1C3. The summed E-state index contributed by atoms with van der Waals surface area (Å²) in [5.41, 5.74) is 0.866. The van der Waals surface area contributed by atoms with Gasteiger partial charge in [0.25, 0.3) is 0 Å². The summed E-state index contributed by atoms with van der Waals surface area (Å²) in [5.74, 6) is 4.44. The van der Waals surface area contributed by atoms with Crippen LogP contribution < -0.4 is 4.74 Å². The van der Waals surface area contributed by atoms with Crippen LogP contribution in [0.2, 0.25) is 0 Å². The molecule has 0 spiro atoms. The van der Waals surface area contributed by atoms with E-state index in [0.717, 1.165) is 23.3 Å². The summed E-state index contributed by atoms with van der Waals surface area (Å²) in [6.07, 6.45) is 8.06. The van der Waals surface area contributed by atoms with Crippen LogP contribution in [0.25, 0.3) is 0 Å². The summed E-state index contributed by atoms with van der Waals surface area (Å²) >= 11 is 0. The first-order valence-corrected chi connectivity index (χ1v) is 7.91. The van der Waals surface area contributed by atoms with Crippen molar-refractivity contribution in [2.24, 2.45) is 36.6 Å². The lowest BCUT2D eigenvalue weighted by Gasteiger charge is -2.55. The molecule has 0 aliphatic heterocycles. The van der Waals surface area contributed by atoms with Crippen LogP contribution in [0.1, 0.15) is 43.9 Å². The highest BCUT2D eigenvalue weighted by molar-refractivity contribution is 5.28. The Morgan fingerprint density at radius 3 is 2.35 bits per heavy atom. The van der Waals surface area contributed by atoms with Gasteiger partial charge in [0, 0.05) is 7.05 Å². The number of aliphatic hydroxyl groups excluding tert-OH is 1. The lowest BCUT2D eigenvalue weighted by molar-refractivity contribution is -0.0932. The Bertz CT molecular complexity index is 483. The first-order valence-electron chi connectivity index (χ1n) is 7.91. The molecule has 1 N–H and O–H groups in total. The highest BCUT2D eigenvalue weighted by Gasteiger charge is 2.51. The second-order valence-electron chi connectivity index (χ2n) is 7.17. The highest BCUT2D eigenvalue weighted by Crippen LogP contribution is 2.59. The van der Waals surface area contributed by atoms with Crippen molar-refractivity contribution >= 4 is 0 Å². The predicted molar refractivity (Wildman–Crippen MR) is 75.3 cm³/mol. The maximum Gasteiger partial charge on any atom is 0.162 e. The van der Waals surface area contributed by atoms with E-state index in [1.165, 1.54) is 32.1 Å². The number of aromatic nitrogens is 2. The van der Waals surface area contributed by atoms with Crippen LogP contribution in [0, 0.1) is 29.6 Å². The van der Waals surface area contributed by atoms with Crippen LogP contribution in [-0.2, 0) is 7.05 Å². The zero-order valence-corrected chi connectivity index (χ0v) is 12.3. The van der Waals surface area contributed by atoms with Gasteiger partial charge in [-0.2, -0.15) is 5.10 Å². The van der Waals surface area contributed by atoms with E-state index in [-0.39, 0.29) is 0 Å². The third kappa shape index (κ3) is 1.73. The minimum atomic E-state index is -0.424. The number of rotatable bonds is 3. The van der Waals surface area contributed by atoms with Gasteiger partial charge in [-0.3, -0.25) is 4.68 Å². The molecule has 20 heavy (non-hydrogen) atoms. The zero-order valence-electron chi connectivity index (χ0n) is 12.3. The third-order valence-corrected chi connectivity index (χ3v) is 6.11. The fourth-order valence-corrected chi connectivity index (χ4v) is 5.59. The Hall–Kier alpha value is -1.03. The fraction of sp³-hybridized carbons (Fsp3) is 0.812. The molecule has 110 valence electrons. The van der Waals surface area contributed by atoms with Crippen molar-refractivity contribution in [2.75, 3.05) is 7.11 Å². The molecule has 1 unspecified atom stereocenters. The van der Waals surface area contributed by atoms with E-state index in [9.17, 15) is 5.11 Å². The van der Waals surface area contributed by atoms with Crippen molar-refractivity contribution in [1.29, 1.82) is 0 Å². The van der Waals surface area contributed by atoms with E-state index < -0.39 is 6.10 Å². The second-order valence-corrected chi connectivity index (χ2v) is 7.17. The lowest BCUT2D eigenvalue weighted by atomic mass is 9.50. The average molecular weight is 276 g/mol.